The molecule has 5 rings (SSSR count). The predicted octanol–water partition coefficient (Wildman–Crippen LogP) is 4.31. The minimum atomic E-state index is -0.310. The first-order chi connectivity index (χ1) is 17.1. The van der Waals surface area contributed by atoms with Gasteiger partial charge < -0.3 is 14.7 Å². The van der Waals surface area contributed by atoms with Gasteiger partial charge in [-0.05, 0) is 48.7 Å². The number of piperidine rings is 1. The number of nitrogens with one attached hydrogen (secondary N) is 1. The lowest BCUT2D eigenvalue weighted by atomic mass is 10.0. The van der Waals surface area contributed by atoms with Crippen molar-refractivity contribution in [2.45, 2.75) is 25.3 Å². The number of benzene rings is 1. The molecular formula is C25H22ClFN6O2. The monoisotopic (exact) mass is 492 g/mol. The number of amides is 1. The second kappa shape index (κ2) is 10.2. The molecule has 0 atom stereocenters. The highest BCUT2D eigenvalue weighted by Crippen LogP contribution is 2.28. The fourth-order valence-electron chi connectivity index (χ4n) is 4.11. The number of nitrogens with zero attached hydrogens (tertiary/aromatic N) is 5. The third-order valence-electron chi connectivity index (χ3n) is 5.98. The molecule has 1 N–H and O–H groups in total. The molecule has 178 valence electrons. The maximum Gasteiger partial charge on any atom is 0.290 e. The van der Waals surface area contributed by atoms with Crippen LogP contribution in [0.25, 0.3) is 11.3 Å². The quantitative estimate of drug-likeness (QED) is 0.428. The van der Waals surface area contributed by atoms with Gasteiger partial charge in [0.05, 0.1) is 28.8 Å². The Morgan fingerprint density at radius 3 is 2.63 bits per heavy atom. The molecule has 0 unspecified atom stereocenters. The van der Waals surface area contributed by atoms with Gasteiger partial charge in [0.25, 0.3) is 5.91 Å². The van der Waals surface area contributed by atoms with Crippen molar-refractivity contribution in [3.63, 3.8) is 0 Å². The molecule has 0 saturated carbocycles. The lowest BCUT2D eigenvalue weighted by Gasteiger charge is -2.33. The van der Waals surface area contributed by atoms with Crippen LogP contribution in [0.15, 0.2) is 65.7 Å². The molecule has 0 aliphatic carbocycles. The first-order valence-corrected chi connectivity index (χ1v) is 11.6. The highest BCUT2D eigenvalue weighted by atomic mass is 35.5. The maximum atomic E-state index is 13.5. The van der Waals surface area contributed by atoms with E-state index in [1.165, 1.54) is 18.3 Å². The van der Waals surface area contributed by atoms with Crippen LogP contribution in [0.1, 0.15) is 34.7 Å². The highest BCUT2D eigenvalue weighted by molar-refractivity contribution is 6.31. The summed E-state index contributed by atoms with van der Waals surface area (Å²) in [6, 6.07) is 9.63. The van der Waals surface area contributed by atoms with Gasteiger partial charge in [-0.25, -0.2) is 9.37 Å². The topological polar surface area (TPSA) is 97.0 Å². The number of carbonyl (C=O) groups is 1. The summed E-state index contributed by atoms with van der Waals surface area (Å²) >= 11 is 6.36. The summed E-state index contributed by atoms with van der Waals surface area (Å²) in [6.07, 6.45) is 8.45. The van der Waals surface area contributed by atoms with Crippen molar-refractivity contribution in [1.29, 1.82) is 0 Å². The fourth-order valence-corrected chi connectivity index (χ4v) is 4.30. The molecule has 35 heavy (non-hydrogen) atoms. The summed E-state index contributed by atoms with van der Waals surface area (Å²) in [4.78, 5) is 28.1. The first-order valence-electron chi connectivity index (χ1n) is 11.2. The van der Waals surface area contributed by atoms with Crippen LogP contribution in [0.4, 0.5) is 10.2 Å². The van der Waals surface area contributed by atoms with E-state index in [9.17, 15) is 9.18 Å². The Balaban J connectivity index is 1.35. The van der Waals surface area contributed by atoms with Gasteiger partial charge in [0.15, 0.2) is 0 Å². The van der Waals surface area contributed by atoms with Crippen LogP contribution >= 0.6 is 11.6 Å². The summed E-state index contributed by atoms with van der Waals surface area (Å²) in [7, 11) is 0. The van der Waals surface area contributed by atoms with Gasteiger partial charge in [-0.15, -0.1) is 0 Å². The molecular weight excluding hydrogens is 471 g/mol. The zero-order valence-electron chi connectivity index (χ0n) is 18.7. The van der Waals surface area contributed by atoms with E-state index >= 15 is 0 Å². The SMILES string of the molecule is O=C(NC1CCN(c2cnc(-c3ccc(F)cc3)c(Cc3ccncc3Cl)n2)CC1)c1ccno1. The van der Waals surface area contributed by atoms with Crippen molar-refractivity contribution in [1.82, 2.24) is 25.4 Å². The summed E-state index contributed by atoms with van der Waals surface area (Å²) in [5.74, 6) is 0.376. The molecule has 0 bridgehead atoms. The van der Waals surface area contributed by atoms with E-state index in [1.807, 2.05) is 6.07 Å². The van der Waals surface area contributed by atoms with E-state index in [0.717, 1.165) is 35.5 Å². The zero-order valence-corrected chi connectivity index (χ0v) is 19.5. The second-order valence-electron chi connectivity index (χ2n) is 8.29. The number of hydrogen-bond acceptors (Lipinski definition) is 7. The van der Waals surface area contributed by atoms with Crippen LogP contribution in [0, 0.1) is 5.82 Å². The van der Waals surface area contributed by atoms with Crippen molar-refractivity contribution in [3.05, 3.63) is 89.0 Å². The Kier molecular flexibility index (Phi) is 6.67. The molecule has 1 fully saturated rings. The standard InChI is InChI=1S/C25H22ClFN6O2/c26-20-14-28-9-5-17(20)13-21-24(16-1-3-18(27)4-2-16)29-15-23(32-21)33-11-7-19(8-12-33)31-25(34)22-6-10-30-35-22/h1-6,9-10,14-15,19H,7-8,11-13H2,(H,31,34). The number of carbonyl (C=O) groups excluding carboxylic acids is 1. The molecule has 1 aliphatic rings. The van der Waals surface area contributed by atoms with Crippen LogP contribution < -0.4 is 10.2 Å². The molecule has 0 spiro atoms. The number of hydrogen-bond donors (Lipinski definition) is 1. The maximum absolute atomic E-state index is 13.5. The van der Waals surface area contributed by atoms with E-state index in [2.05, 4.69) is 20.4 Å². The average Bonchev–Trinajstić information content (AvgIpc) is 3.42. The second-order valence-corrected chi connectivity index (χ2v) is 8.69. The van der Waals surface area contributed by atoms with E-state index < -0.39 is 0 Å². The number of rotatable bonds is 6. The van der Waals surface area contributed by atoms with Crippen LogP contribution in [-0.4, -0.2) is 45.1 Å². The van der Waals surface area contributed by atoms with E-state index in [-0.39, 0.29) is 23.5 Å². The molecule has 1 aromatic carbocycles. The summed E-state index contributed by atoms with van der Waals surface area (Å²) in [5, 5.41) is 7.12. The normalized spacial score (nSPS) is 14.2. The van der Waals surface area contributed by atoms with E-state index in [4.69, 9.17) is 26.1 Å². The van der Waals surface area contributed by atoms with Crippen molar-refractivity contribution in [2.75, 3.05) is 18.0 Å². The molecule has 1 saturated heterocycles. The lowest BCUT2D eigenvalue weighted by molar-refractivity contribution is 0.0893. The van der Waals surface area contributed by atoms with Gasteiger partial charge in [-0.3, -0.25) is 14.8 Å². The van der Waals surface area contributed by atoms with Crippen molar-refractivity contribution < 1.29 is 13.7 Å². The van der Waals surface area contributed by atoms with Gasteiger partial charge in [0.1, 0.15) is 11.6 Å². The largest absolute Gasteiger partial charge is 0.355 e. The summed E-state index contributed by atoms with van der Waals surface area (Å²) < 4.78 is 18.4. The molecule has 4 heterocycles. The van der Waals surface area contributed by atoms with Gasteiger partial charge in [0, 0.05) is 49.6 Å². The van der Waals surface area contributed by atoms with Gasteiger partial charge in [0.2, 0.25) is 5.76 Å². The Bertz CT molecular complexity index is 1310. The van der Waals surface area contributed by atoms with Crippen molar-refractivity contribution in [2.24, 2.45) is 0 Å². The molecule has 3 aromatic heterocycles. The van der Waals surface area contributed by atoms with Crippen LogP contribution in [0.5, 0.6) is 0 Å². The Hall–Kier alpha value is -3.85. The molecule has 1 amide bonds. The summed E-state index contributed by atoms with van der Waals surface area (Å²) in [5.41, 5.74) is 3.07. The van der Waals surface area contributed by atoms with Crippen molar-refractivity contribution in [3.8, 4) is 11.3 Å². The fraction of sp³-hybridized carbons (Fsp3) is 0.240. The molecule has 0 radical (unpaired) electrons. The number of halogens is 2. The molecule has 1 aliphatic heterocycles. The number of aromatic nitrogens is 4. The minimum Gasteiger partial charge on any atom is -0.355 e. The van der Waals surface area contributed by atoms with Crippen LogP contribution in [-0.2, 0) is 6.42 Å². The van der Waals surface area contributed by atoms with Crippen LogP contribution in [0.3, 0.4) is 0 Å². The average molecular weight is 493 g/mol. The number of pyridine rings is 1. The Morgan fingerprint density at radius 2 is 1.91 bits per heavy atom. The van der Waals surface area contributed by atoms with Crippen molar-refractivity contribution >= 4 is 23.3 Å². The smallest absolute Gasteiger partial charge is 0.290 e. The van der Waals surface area contributed by atoms with Gasteiger partial charge in [-0.1, -0.05) is 16.8 Å². The Morgan fingerprint density at radius 1 is 1.11 bits per heavy atom. The van der Waals surface area contributed by atoms with E-state index in [1.54, 1.807) is 36.8 Å². The third-order valence-corrected chi connectivity index (χ3v) is 6.32. The summed E-state index contributed by atoms with van der Waals surface area (Å²) in [6.45, 7) is 1.42. The Labute approximate surface area is 206 Å². The predicted molar refractivity (Wildman–Crippen MR) is 129 cm³/mol. The molecule has 10 heteroatoms. The van der Waals surface area contributed by atoms with Gasteiger partial charge >= 0.3 is 0 Å². The highest BCUT2D eigenvalue weighted by Gasteiger charge is 2.24. The van der Waals surface area contributed by atoms with Gasteiger partial charge in [-0.2, -0.15) is 0 Å². The van der Waals surface area contributed by atoms with E-state index in [0.29, 0.717) is 30.2 Å². The lowest BCUT2D eigenvalue weighted by Crippen LogP contribution is -2.45. The molecule has 8 nitrogen and oxygen atoms in total. The zero-order chi connectivity index (χ0) is 24.2. The molecule has 4 aromatic rings. The number of anilines is 1. The first kappa shape index (κ1) is 22.9. The minimum absolute atomic E-state index is 0.0328. The van der Waals surface area contributed by atoms with Crippen LogP contribution in [0.2, 0.25) is 5.02 Å². The third kappa shape index (κ3) is 5.30.